The first-order chi connectivity index (χ1) is 12.9. The molecule has 0 aliphatic carbocycles. The summed E-state index contributed by atoms with van der Waals surface area (Å²) in [5.41, 5.74) is 2.35. The van der Waals surface area contributed by atoms with Gasteiger partial charge in [0.1, 0.15) is 5.82 Å². The fraction of sp³-hybridized carbons (Fsp3) is 0.368. The van der Waals surface area contributed by atoms with Gasteiger partial charge in [-0.05, 0) is 29.8 Å². The number of likely N-dealkylation sites (tertiary alicyclic amines) is 1. The summed E-state index contributed by atoms with van der Waals surface area (Å²) in [7, 11) is 0. The summed E-state index contributed by atoms with van der Waals surface area (Å²) >= 11 is 0. The largest absolute Gasteiger partial charge is 0.465 e. The Morgan fingerprint density at radius 1 is 1.11 bits per heavy atom. The Morgan fingerprint density at radius 2 is 1.78 bits per heavy atom. The molecule has 6 nitrogen and oxygen atoms in total. The molecule has 1 fully saturated rings. The molecular weight excluding hydrogens is 354 g/mol. The molecular formula is C19H22F2N4O2. The van der Waals surface area contributed by atoms with Gasteiger partial charge in [-0.25, -0.2) is 18.6 Å². The Balaban J connectivity index is 1.48. The molecule has 0 atom stereocenters. The number of anilines is 2. The molecule has 0 unspecified atom stereocenters. The van der Waals surface area contributed by atoms with E-state index in [9.17, 15) is 13.6 Å². The van der Waals surface area contributed by atoms with Gasteiger partial charge in [-0.1, -0.05) is 12.1 Å². The van der Waals surface area contributed by atoms with Crippen LogP contribution in [0.25, 0.3) is 11.1 Å². The number of pyridine rings is 1. The third-order valence-electron chi connectivity index (χ3n) is 4.55. The number of aromatic nitrogens is 1. The van der Waals surface area contributed by atoms with Crippen molar-refractivity contribution in [3.8, 4) is 11.1 Å². The SMILES string of the molecule is O=C(O)Nc1ccc(-c2ccc(NCCN3CCC(F)(F)CC3)nc2)cc1. The number of halogens is 2. The second kappa shape index (κ2) is 8.30. The Bertz CT molecular complexity index is 756. The lowest BCUT2D eigenvalue weighted by atomic mass is 10.1. The highest BCUT2D eigenvalue weighted by Gasteiger charge is 2.33. The number of hydrogen-bond acceptors (Lipinski definition) is 4. The van der Waals surface area contributed by atoms with Crippen LogP contribution in [0.15, 0.2) is 42.6 Å². The number of nitrogens with one attached hydrogen (secondary N) is 2. The van der Waals surface area contributed by atoms with Gasteiger partial charge < -0.3 is 15.3 Å². The van der Waals surface area contributed by atoms with E-state index in [0.717, 1.165) is 16.9 Å². The Morgan fingerprint density at radius 3 is 2.37 bits per heavy atom. The summed E-state index contributed by atoms with van der Waals surface area (Å²) in [5.74, 6) is -1.78. The highest BCUT2D eigenvalue weighted by atomic mass is 19.3. The van der Waals surface area contributed by atoms with Gasteiger partial charge in [-0.15, -0.1) is 0 Å². The maximum absolute atomic E-state index is 13.1. The molecule has 2 heterocycles. The minimum Gasteiger partial charge on any atom is -0.465 e. The van der Waals surface area contributed by atoms with Crippen molar-refractivity contribution in [3.05, 3.63) is 42.6 Å². The maximum atomic E-state index is 13.1. The first-order valence-electron chi connectivity index (χ1n) is 8.82. The van der Waals surface area contributed by atoms with Crippen molar-refractivity contribution in [2.24, 2.45) is 0 Å². The summed E-state index contributed by atoms with van der Waals surface area (Å²) < 4.78 is 26.3. The highest BCUT2D eigenvalue weighted by Crippen LogP contribution is 2.27. The lowest BCUT2D eigenvalue weighted by Crippen LogP contribution is -2.41. The van der Waals surface area contributed by atoms with Gasteiger partial charge in [-0.3, -0.25) is 5.32 Å². The van der Waals surface area contributed by atoms with Gasteiger partial charge in [0, 0.05) is 56.5 Å². The van der Waals surface area contributed by atoms with E-state index >= 15 is 0 Å². The van der Waals surface area contributed by atoms with E-state index < -0.39 is 12.0 Å². The fourth-order valence-electron chi connectivity index (χ4n) is 2.98. The van der Waals surface area contributed by atoms with Crippen LogP contribution in [0.2, 0.25) is 0 Å². The number of carboxylic acid groups (broad SMARTS) is 1. The average molecular weight is 376 g/mol. The topological polar surface area (TPSA) is 77.5 Å². The van der Waals surface area contributed by atoms with Gasteiger partial charge in [0.2, 0.25) is 0 Å². The third-order valence-corrected chi connectivity index (χ3v) is 4.55. The van der Waals surface area contributed by atoms with Crippen LogP contribution >= 0.6 is 0 Å². The number of carbonyl (C=O) groups is 1. The molecule has 3 N–H and O–H groups in total. The highest BCUT2D eigenvalue weighted by molar-refractivity contribution is 5.83. The van der Waals surface area contributed by atoms with Gasteiger partial charge in [0.05, 0.1) is 0 Å². The zero-order valence-corrected chi connectivity index (χ0v) is 14.8. The van der Waals surface area contributed by atoms with Crippen molar-refractivity contribution < 1.29 is 18.7 Å². The summed E-state index contributed by atoms with van der Waals surface area (Å²) in [6, 6.07) is 10.8. The third kappa shape index (κ3) is 5.62. The summed E-state index contributed by atoms with van der Waals surface area (Å²) in [4.78, 5) is 17.0. The average Bonchev–Trinajstić information content (AvgIpc) is 2.64. The summed E-state index contributed by atoms with van der Waals surface area (Å²) in [6.07, 6.45) is 0.503. The Kier molecular flexibility index (Phi) is 5.85. The standard InChI is InChI=1S/C19H22F2N4O2/c20-19(21)7-10-25(11-8-19)12-9-22-17-6-3-15(13-23-17)14-1-4-16(5-2-14)24-18(26)27/h1-6,13,24H,7-12H2,(H,22,23)(H,26,27). The maximum Gasteiger partial charge on any atom is 0.409 e. The molecule has 8 heteroatoms. The smallest absolute Gasteiger partial charge is 0.409 e. The van der Waals surface area contributed by atoms with Crippen LogP contribution in [0.4, 0.5) is 25.1 Å². The van der Waals surface area contributed by atoms with Gasteiger partial charge >= 0.3 is 6.09 Å². The van der Waals surface area contributed by atoms with E-state index in [4.69, 9.17) is 5.11 Å². The normalized spacial score (nSPS) is 16.7. The first kappa shape index (κ1) is 19.0. The van der Waals surface area contributed by atoms with Gasteiger partial charge in [-0.2, -0.15) is 0 Å². The van der Waals surface area contributed by atoms with E-state index in [0.29, 0.717) is 31.9 Å². The molecule has 1 aliphatic heterocycles. The van der Waals surface area contributed by atoms with Gasteiger partial charge in [0.25, 0.3) is 5.92 Å². The number of piperidine rings is 1. The van der Waals surface area contributed by atoms with E-state index in [-0.39, 0.29) is 12.8 Å². The zero-order chi connectivity index (χ0) is 19.3. The van der Waals surface area contributed by atoms with Crippen LogP contribution in [0.3, 0.4) is 0 Å². The number of nitrogens with zero attached hydrogens (tertiary/aromatic N) is 2. The molecule has 2 aromatic rings. The first-order valence-corrected chi connectivity index (χ1v) is 8.82. The summed E-state index contributed by atoms with van der Waals surface area (Å²) in [5, 5.41) is 14.2. The molecule has 0 spiro atoms. The number of rotatable bonds is 6. The van der Waals surface area contributed by atoms with Crippen LogP contribution in [0, 0.1) is 0 Å². The van der Waals surface area contributed by atoms with E-state index in [2.05, 4.69) is 15.6 Å². The van der Waals surface area contributed by atoms with Crippen molar-refractivity contribution in [1.82, 2.24) is 9.88 Å². The fourth-order valence-corrected chi connectivity index (χ4v) is 2.98. The molecule has 0 radical (unpaired) electrons. The molecule has 1 amide bonds. The number of amides is 1. The minimum absolute atomic E-state index is 0.0687. The molecule has 27 heavy (non-hydrogen) atoms. The summed E-state index contributed by atoms with van der Waals surface area (Å²) in [6.45, 7) is 2.20. The second-order valence-corrected chi connectivity index (χ2v) is 6.56. The molecule has 1 saturated heterocycles. The molecule has 0 saturated carbocycles. The molecule has 1 aromatic carbocycles. The monoisotopic (exact) mass is 376 g/mol. The van der Waals surface area contributed by atoms with Crippen molar-refractivity contribution >= 4 is 17.6 Å². The van der Waals surface area contributed by atoms with Crippen LogP contribution < -0.4 is 10.6 Å². The minimum atomic E-state index is -2.51. The van der Waals surface area contributed by atoms with Crippen molar-refractivity contribution in [1.29, 1.82) is 0 Å². The lowest BCUT2D eigenvalue weighted by molar-refractivity contribution is -0.0543. The van der Waals surface area contributed by atoms with Crippen LogP contribution in [0.5, 0.6) is 0 Å². The number of alkyl halides is 2. The second-order valence-electron chi connectivity index (χ2n) is 6.56. The lowest BCUT2D eigenvalue weighted by Gasteiger charge is -2.31. The van der Waals surface area contributed by atoms with Crippen LogP contribution in [0.1, 0.15) is 12.8 Å². The van der Waals surface area contributed by atoms with Gasteiger partial charge in [0.15, 0.2) is 0 Å². The predicted octanol–water partition coefficient (Wildman–Crippen LogP) is 3.98. The van der Waals surface area contributed by atoms with Crippen molar-refractivity contribution in [2.45, 2.75) is 18.8 Å². The number of benzene rings is 1. The van der Waals surface area contributed by atoms with Crippen LogP contribution in [-0.4, -0.2) is 53.2 Å². The Hall–Kier alpha value is -2.74. The molecule has 1 aromatic heterocycles. The van der Waals surface area contributed by atoms with E-state index in [1.807, 2.05) is 29.2 Å². The molecule has 144 valence electrons. The predicted molar refractivity (Wildman–Crippen MR) is 100 cm³/mol. The van der Waals surface area contributed by atoms with Crippen molar-refractivity contribution in [3.63, 3.8) is 0 Å². The number of hydrogen-bond donors (Lipinski definition) is 3. The molecule has 1 aliphatic rings. The van der Waals surface area contributed by atoms with E-state index in [1.54, 1.807) is 18.3 Å². The quantitative estimate of drug-likeness (QED) is 0.711. The zero-order valence-electron chi connectivity index (χ0n) is 14.8. The van der Waals surface area contributed by atoms with Crippen molar-refractivity contribution in [2.75, 3.05) is 36.8 Å². The Labute approximate surface area is 156 Å². The van der Waals surface area contributed by atoms with Crippen LogP contribution in [-0.2, 0) is 0 Å². The molecule has 0 bridgehead atoms. The van der Waals surface area contributed by atoms with E-state index in [1.165, 1.54) is 0 Å². The molecule has 3 rings (SSSR count).